The van der Waals surface area contributed by atoms with Gasteiger partial charge in [-0.05, 0) is 12.1 Å². The number of carbonyl (C=O) groups is 1. The van der Waals surface area contributed by atoms with E-state index in [4.69, 9.17) is 0 Å². The molecular weight excluding hydrogens is 342 g/mol. The molecule has 1 aliphatic heterocycles. The second-order valence-electron chi connectivity index (χ2n) is 6.75. The molecule has 140 valence electrons. The van der Waals surface area contributed by atoms with Gasteiger partial charge in [0.05, 0.1) is 18.1 Å². The number of anilines is 2. The highest BCUT2D eigenvalue weighted by atomic mass is 16.2. The molecule has 1 fully saturated rings. The van der Waals surface area contributed by atoms with E-state index in [1.54, 1.807) is 15.9 Å². The van der Waals surface area contributed by atoms with Gasteiger partial charge < -0.3 is 9.80 Å². The van der Waals surface area contributed by atoms with E-state index in [1.807, 2.05) is 50.6 Å². The predicted octanol–water partition coefficient (Wildman–Crippen LogP) is 1.15. The Bertz CT molecular complexity index is 932. The van der Waals surface area contributed by atoms with Crippen LogP contribution in [0.5, 0.6) is 0 Å². The van der Waals surface area contributed by atoms with Crippen LogP contribution in [0.25, 0.3) is 11.0 Å². The van der Waals surface area contributed by atoms with E-state index in [9.17, 15) is 4.79 Å². The standard InChI is InChI=1S/C19H23N7O/c1-23(15-6-4-3-5-7-15)17(27)13-25-8-10-26(11-9-25)19-16-12-22-24(2)18(16)20-14-21-19/h3-7,12,14H,8-11,13H2,1-2H3. The van der Waals surface area contributed by atoms with Crippen molar-refractivity contribution >= 4 is 28.4 Å². The Morgan fingerprint density at radius 3 is 2.59 bits per heavy atom. The van der Waals surface area contributed by atoms with Gasteiger partial charge in [0.15, 0.2) is 5.65 Å². The number of hydrogen-bond donors (Lipinski definition) is 0. The smallest absolute Gasteiger partial charge is 0.240 e. The summed E-state index contributed by atoms with van der Waals surface area (Å²) in [5.74, 6) is 1.02. The Balaban J connectivity index is 1.38. The molecular formula is C19H23N7O. The van der Waals surface area contributed by atoms with Gasteiger partial charge in [-0.15, -0.1) is 0 Å². The number of amides is 1. The van der Waals surface area contributed by atoms with E-state index in [-0.39, 0.29) is 5.91 Å². The van der Waals surface area contributed by atoms with Gasteiger partial charge in [-0.3, -0.25) is 14.4 Å². The fraction of sp³-hybridized carbons (Fsp3) is 0.368. The van der Waals surface area contributed by atoms with Crippen molar-refractivity contribution in [3.63, 3.8) is 0 Å². The predicted molar refractivity (Wildman–Crippen MR) is 105 cm³/mol. The molecule has 0 radical (unpaired) electrons. The van der Waals surface area contributed by atoms with E-state index in [0.717, 1.165) is 48.7 Å². The van der Waals surface area contributed by atoms with Crippen molar-refractivity contribution in [1.29, 1.82) is 0 Å². The fourth-order valence-corrected chi connectivity index (χ4v) is 3.41. The van der Waals surface area contributed by atoms with Crippen LogP contribution in [0, 0.1) is 0 Å². The molecule has 0 atom stereocenters. The summed E-state index contributed by atoms with van der Waals surface area (Å²) >= 11 is 0. The molecule has 3 heterocycles. The average Bonchev–Trinajstić information content (AvgIpc) is 3.10. The first-order valence-electron chi connectivity index (χ1n) is 9.05. The van der Waals surface area contributed by atoms with Crippen molar-refractivity contribution in [2.24, 2.45) is 7.05 Å². The van der Waals surface area contributed by atoms with Crippen LogP contribution in [0.1, 0.15) is 0 Å². The number of aromatic nitrogens is 4. The van der Waals surface area contributed by atoms with Gasteiger partial charge in [0, 0.05) is 46.0 Å². The molecule has 0 spiro atoms. The third kappa shape index (κ3) is 3.48. The van der Waals surface area contributed by atoms with Gasteiger partial charge in [-0.1, -0.05) is 18.2 Å². The lowest BCUT2D eigenvalue weighted by Gasteiger charge is -2.35. The molecule has 8 nitrogen and oxygen atoms in total. The number of carbonyl (C=O) groups excluding carboxylic acids is 1. The SMILES string of the molecule is CN(C(=O)CN1CCN(c2ncnc3c2cnn3C)CC1)c1ccccc1. The quantitative estimate of drug-likeness (QED) is 0.691. The average molecular weight is 365 g/mol. The fourth-order valence-electron chi connectivity index (χ4n) is 3.41. The van der Waals surface area contributed by atoms with Gasteiger partial charge >= 0.3 is 0 Å². The summed E-state index contributed by atoms with van der Waals surface area (Å²) in [6.07, 6.45) is 3.40. The molecule has 0 saturated carbocycles. The molecule has 1 amide bonds. The highest BCUT2D eigenvalue weighted by Gasteiger charge is 2.23. The summed E-state index contributed by atoms with van der Waals surface area (Å²) in [4.78, 5) is 27.5. The number of benzene rings is 1. The van der Waals surface area contributed by atoms with E-state index >= 15 is 0 Å². The zero-order valence-corrected chi connectivity index (χ0v) is 15.6. The number of hydrogen-bond acceptors (Lipinski definition) is 6. The maximum absolute atomic E-state index is 12.6. The Morgan fingerprint density at radius 2 is 1.85 bits per heavy atom. The number of piperazine rings is 1. The number of rotatable bonds is 4. The molecule has 1 aliphatic rings. The molecule has 0 N–H and O–H groups in total. The monoisotopic (exact) mass is 365 g/mol. The van der Waals surface area contributed by atoms with Crippen LogP contribution in [-0.2, 0) is 11.8 Å². The van der Waals surface area contributed by atoms with Crippen LogP contribution in [-0.4, -0.2) is 70.3 Å². The van der Waals surface area contributed by atoms with Gasteiger partial charge in [0.25, 0.3) is 0 Å². The van der Waals surface area contributed by atoms with Gasteiger partial charge in [-0.25, -0.2) is 9.97 Å². The van der Waals surface area contributed by atoms with E-state index in [0.29, 0.717) is 6.54 Å². The minimum atomic E-state index is 0.103. The van der Waals surface area contributed by atoms with Crippen LogP contribution in [0.3, 0.4) is 0 Å². The van der Waals surface area contributed by atoms with Gasteiger partial charge in [0.2, 0.25) is 5.91 Å². The van der Waals surface area contributed by atoms with E-state index in [1.165, 1.54) is 0 Å². The highest BCUT2D eigenvalue weighted by Crippen LogP contribution is 2.23. The summed E-state index contributed by atoms with van der Waals surface area (Å²) < 4.78 is 1.76. The minimum Gasteiger partial charge on any atom is -0.353 e. The van der Waals surface area contributed by atoms with E-state index in [2.05, 4.69) is 24.9 Å². The Morgan fingerprint density at radius 1 is 1.11 bits per heavy atom. The normalized spacial score (nSPS) is 15.3. The summed E-state index contributed by atoms with van der Waals surface area (Å²) in [7, 11) is 3.71. The molecule has 0 unspecified atom stereocenters. The van der Waals surface area contributed by atoms with Crippen LogP contribution >= 0.6 is 0 Å². The van der Waals surface area contributed by atoms with Crippen molar-refractivity contribution in [1.82, 2.24) is 24.6 Å². The maximum Gasteiger partial charge on any atom is 0.240 e. The minimum absolute atomic E-state index is 0.103. The molecule has 3 aromatic rings. The van der Waals surface area contributed by atoms with Crippen LogP contribution < -0.4 is 9.80 Å². The molecule has 27 heavy (non-hydrogen) atoms. The highest BCUT2D eigenvalue weighted by molar-refractivity contribution is 5.94. The van der Waals surface area contributed by atoms with E-state index < -0.39 is 0 Å². The summed E-state index contributed by atoms with van der Waals surface area (Å²) in [6, 6.07) is 9.74. The third-order valence-corrected chi connectivity index (χ3v) is 5.06. The first-order chi connectivity index (χ1) is 13.1. The second kappa shape index (κ2) is 7.32. The third-order valence-electron chi connectivity index (χ3n) is 5.06. The largest absolute Gasteiger partial charge is 0.353 e. The Labute approximate surface area is 158 Å². The zero-order valence-electron chi connectivity index (χ0n) is 15.6. The first kappa shape index (κ1) is 17.4. The number of nitrogens with zero attached hydrogens (tertiary/aromatic N) is 7. The Kier molecular flexibility index (Phi) is 4.72. The number of aryl methyl sites for hydroxylation is 1. The lowest BCUT2D eigenvalue weighted by molar-refractivity contribution is -0.119. The van der Waals surface area contributed by atoms with Crippen molar-refractivity contribution in [3.05, 3.63) is 42.9 Å². The number of para-hydroxylation sites is 1. The summed E-state index contributed by atoms with van der Waals surface area (Å²) in [6.45, 7) is 3.71. The molecule has 1 aromatic carbocycles. The van der Waals surface area contributed by atoms with Crippen LogP contribution in [0.4, 0.5) is 11.5 Å². The summed E-state index contributed by atoms with van der Waals surface area (Å²) in [5, 5.41) is 5.25. The molecule has 0 aliphatic carbocycles. The number of fused-ring (bicyclic) bond motifs is 1. The molecule has 1 saturated heterocycles. The molecule has 8 heteroatoms. The van der Waals surface area contributed by atoms with Crippen molar-refractivity contribution in [3.8, 4) is 0 Å². The van der Waals surface area contributed by atoms with Crippen molar-refractivity contribution < 1.29 is 4.79 Å². The molecule has 2 aromatic heterocycles. The maximum atomic E-state index is 12.6. The second-order valence-corrected chi connectivity index (χ2v) is 6.75. The van der Waals surface area contributed by atoms with Gasteiger partial charge in [-0.2, -0.15) is 5.10 Å². The van der Waals surface area contributed by atoms with Crippen LogP contribution in [0.2, 0.25) is 0 Å². The van der Waals surface area contributed by atoms with Gasteiger partial charge in [0.1, 0.15) is 12.1 Å². The number of likely N-dealkylation sites (N-methyl/N-ethyl adjacent to an activating group) is 1. The topological polar surface area (TPSA) is 70.4 Å². The zero-order chi connectivity index (χ0) is 18.8. The summed E-state index contributed by atoms with van der Waals surface area (Å²) in [5.41, 5.74) is 1.75. The first-order valence-corrected chi connectivity index (χ1v) is 9.05. The lowest BCUT2D eigenvalue weighted by Crippen LogP contribution is -2.50. The lowest BCUT2D eigenvalue weighted by atomic mass is 10.2. The molecule has 0 bridgehead atoms. The van der Waals surface area contributed by atoms with Crippen LogP contribution in [0.15, 0.2) is 42.9 Å². The van der Waals surface area contributed by atoms with Crippen molar-refractivity contribution in [2.75, 3.05) is 49.6 Å². The Hall–Kier alpha value is -3.00. The van der Waals surface area contributed by atoms with Crippen molar-refractivity contribution in [2.45, 2.75) is 0 Å². The molecule has 4 rings (SSSR count).